The molecule has 68 valence electrons. The molecule has 0 atom stereocenters. The summed E-state index contributed by atoms with van der Waals surface area (Å²) >= 11 is 14.7. The highest BCUT2D eigenvalue weighted by molar-refractivity contribution is 9.10. The van der Waals surface area contributed by atoms with Crippen LogP contribution < -0.4 is 0 Å². The Labute approximate surface area is 102 Å². The molecule has 1 aromatic carbocycles. The molecule has 0 aliphatic heterocycles. The molecule has 0 N–H and O–H groups in total. The van der Waals surface area contributed by atoms with Crippen LogP contribution in [0, 0.1) is 0 Å². The zero-order chi connectivity index (χ0) is 9.42. The van der Waals surface area contributed by atoms with E-state index < -0.39 is 0 Å². The van der Waals surface area contributed by atoms with Crippen LogP contribution in [0.4, 0.5) is 0 Å². The molecule has 1 aromatic heterocycles. The summed E-state index contributed by atoms with van der Waals surface area (Å²) in [5.41, 5.74) is 0. The number of thiophene rings is 1. The van der Waals surface area contributed by atoms with Crippen molar-refractivity contribution in [1.82, 2.24) is 0 Å². The van der Waals surface area contributed by atoms with Crippen LogP contribution in [0.25, 0.3) is 10.1 Å². The maximum atomic E-state index is 5.99. The SMILES string of the molecule is Clc1ccc2sc(CBr)cc2c1Br. The number of rotatable bonds is 1. The van der Waals surface area contributed by atoms with E-state index in [9.17, 15) is 0 Å². The highest BCUT2D eigenvalue weighted by Crippen LogP contribution is 2.36. The first-order chi connectivity index (χ1) is 6.22. The first-order valence-corrected chi connectivity index (χ1v) is 6.75. The van der Waals surface area contributed by atoms with Gasteiger partial charge < -0.3 is 0 Å². The minimum atomic E-state index is 0.770. The molecule has 0 amide bonds. The van der Waals surface area contributed by atoms with E-state index >= 15 is 0 Å². The average molecular weight is 340 g/mol. The van der Waals surface area contributed by atoms with Gasteiger partial charge in [0.1, 0.15) is 0 Å². The van der Waals surface area contributed by atoms with Crippen molar-refractivity contribution in [1.29, 1.82) is 0 Å². The van der Waals surface area contributed by atoms with Gasteiger partial charge in [0.05, 0.1) is 5.02 Å². The van der Waals surface area contributed by atoms with Gasteiger partial charge in [0.2, 0.25) is 0 Å². The lowest BCUT2D eigenvalue weighted by molar-refractivity contribution is 1.59. The second-order valence-electron chi connectivity index (χ2n) is 2.62. The monoisotopic (exact) mass is 338 g/mol. The summed E-state index contributed by atoms with van der Waals surface area (Å²) in [6.07, 6.45) is 0. The fraction of sp³-hybridized carbons (Fsp3) is 0.111. The van der Waals surface area contributed by atoms with Gasteiger partial charge >= 0.3 is 0 Å². The Morgan fingerprint density at radius 3 is 2.85 bits per heavy atom. The highest BCUT2D eigenvalue weighted by atomic mass is 79.9. The molecular formula is C9H5Br2ClS. The quantitative estimate of drug-likeness (QED) is 0.625. The van der Waals surface area contributed by atoms with Crippen molar-refractivity contribution >= 4 is 64.9 Å². The number of hydrogen-bond donors (Lipinski definition) is 0. The summed E-state index contributed by atoms with van der Waals surface area (Å²) in [6.45, 7) is 0. The Kier molecular flexibility index (Phi) is 2.98. The number of benzene rings is 1. The summed E-state index contributed by atoms with van der Waals surface area (Å²) in [6, 6.07) is 6.13. The van der Waals surface area contributed by atoms with Crippen molar-refractivity contribution in [2.45, 2.75) is 5.33 Å². The van der Waals surface area contributed by atoms with Gasteiger partial charge in [-0.3, -0.25) is 0 Å². The molecule has 13 heavy (non-hydrogen) atoms. The first kappa shape index (κ1) is 9.97. The van der Waals surface area contributed by atoms with Gasteiger partial charge in [-0.15, -0.1) is 11.3 Å². The number of alkyl halides is 1. The lowest BCUT2D eigenvalue weighted by Crippen LogP contribution is -1.68. The Morgan fingerprint density at radius 1 is 1.38 bits per heavy atom. The predicted octanol–water partition coefficient (Wildman–Crippen LogP) is 5.21. The molecule has 0 nitrogen and oxygen atoms in total. The second kappa shape index (κ2) is 3.89. The van der Waals surface area contributed by atoms with Crippen molar-refractivity contribution in [2.24, 2.45) is 0 Å². The largest absolute Gasteiger partial charge is 0.139 e. The molecule has 2 rings (SSSR count). The molecule has 0 saturated carbocycles. The molecule has 1 heterocycles. The standard InChI is InChI=1S/C9H5Br2ClS/c10-4-5-3-6-8(13-5)2-1-7(12)9(6)11/h1-3H,4H2. The molecule has 2 aromatic rings. The Bertz CT molecular complexity index is 450. The molecular weight excluding hydrogens is 335 g/mol. The van der Waals surface area contributed by atoms with Gasteiger partial charge in [-0.25, -0.2) is 0 Å². The van der Waals surface area contributed by atoms with E-state index in [0.29, 0.717) is 0 Å². The molecule has 0 aliphatic rings. The van der Waals surface area contributed by atoms with E-state index in [0.717, 1.165) is 14.8 Å². The van der Waals surface area contributed by atoms with Gasteiger partial charge in [0, 0.05) is 24.8 Å². The summed E-state index contributed by atoms with van der Waals surface area (Å²) in [4.78, 5) is 1.32. The van der Waals surface area contributed by atoms with Crippen LogP contribution in [0.15, 0.2) is 22.7 Å². The van der Waals surface area contributed by atoms with Crippen LogP contribution in [-0.2, 0) is 5.33 Å². The van der Waals surface area contributed by atoms with E-state index in [1.165, 1.54) is 15.0 Å². The van der Waals surface area contributed by atoms with Gasteiger partial charge in [-0.05, 0) is 34.1 Å². The topological polar surface area (TPSA) is 0 Å². The minimum absolute atomic E-state index is 0.770. The van der Waals surface area contributed by atoms with Crippen molar-refractivity contribution in [3.05, 3.63) is 32.6 Å². The number of halogens is 3. The Hall–Kier alpha value is 0.430. The molecule has 0 saturated heterocycles. The van der Waals surface area contributed by atoms with Gasteiger partial charge in [0.15, 0.2) is 0 Å². The van der Waals surface area contributed by atoms with E-state index in [2.05, 4.69) is 44.0 Å². The van der Waals surface area contributed by atoms with Crippen molar-refractivity contribution in [2.75, 3.05) is 0 Å². The molecule has 0 unspecified atom stereocenters. The fourth-order valence-electron chi connectivity index (χ4n) is 1.17. The van der Waals surface area contributed by atoms with Crippen LogP contribution in [0.2, 0.25) is 5.02 Å². The van der Waals surface area contributed by atoms with Gasteiger partial charge in [0.25, 0.3) is 0 Å². The third-order valence-electron chi connectivity index (χ3n) is 1.77. The number of fused-ring (bicyclic) bond motifs is 1. The summed E-state index contributed by atoms with van der Waals surface area (Å²) in [7, 11) is 0. The van der Waals surface area contributed by atoms with Crippen LogP contribution in [-0.4, -0.2) is 0 Å². The van der Waals surface area contributed by atoms with Gasteiger partial charge in [-0.1, -0.05) is 27.5 Å². The lowest BCUT2D eigenvalue weighted by Gasteiger charge is -1.95. The predicted molar refractivity (Wildman–Crippen MR) is 67.2 cm³/mol. The molecule has 0 bridgehead atoms. The average Bonchev–Trinajstić information content (AvgIpc) is 2.55. The maximum Gasteiger partial charge on any atom is 0.0555 e. The lowest BCUT2D eigenvalue weighted by atomic mass is 10.2. The van der Waals surface area contributed by atoms with Crippen LogP contribution in [0.5, 0.6) is 0 Å². The molecule has 0 radical (unpaired) electrons. The van der Waals surface area contributed by atoms with Crippen molar-refractivity contribution in [3.8, 4) is 0 Å². The van der Waals surface area contributed by atoms with E-state index in [1.54, 1.807) is 11.3 Å². The van der Waals surface area contributed by atoms with Crippen LogP contribution in [0.1, 0.15) is 4.88 Å². The van der Waals surface area contributed by atoms with E-state index in [-0.39, 0.29) is 0 Å². The smallest absolute Gasteiger partial charge is 0.0555 e. The fourth-order valence-corrected chi connectivity index (χ4v) is 3.35. The third kappa shape index (κ3) is 1.80. The van der Waals surface area contributed by atoms with Crippen LogP contribution >= 0.6 is 54.8 Å². The Balaban J connectivity index is 2.76. The second-order valence-corrected chi connectivity index (χ2v) is 5.55. The van der Waals surface area contributed by atoms with Crippen LogP contribution in [0.3, 0.4) is 0 Å². The minimum Gasteiger partial charge on any atom is -0.139 e. The molecule has 4 heteroatoms. The van der Waals surface area contributed by atoms with Crippen molar-refractivity contribution in [3.63, 3.8) is 0 Å². The Morgan fingerprint density at radius 2 is 2.15 bits per heavy atom. The zero-order valence-electron chi connectivity index (χ0n) is 6.48. The number of hydrogen-bond acceptors (Lipinski definition) is 1. The normalized spacial score (nSPS) is 11.0. The summed E-state index contributed by atoms with van der Waals surface area (Å²) < 4.78 is 2.26. The molecule has 0 fully saturated rings. The zero-order valence-corrected chi connectivity index (χ0v) is 11.2. The van der Waals surface area contributed by atoms with Gasteiger partial charge in [-0.2, -0.15) is 0 Å². The van der Waals surface area contributed by atoms with Crippen molar-refractivity contribution < 1.29 is 0 Å². The summed E-state index contributed by atoms with van der Waals surface area (Å²) in [5, 5.41) is 2.87. The van der Waals surface area contributed by atoms with E-state index in [4.69, 9.17) is 11.6 Å². The molecule has 0 aliphatic carbocycles. The third-order valence-corrected chi connectivity index (χ3v) is 5.24. The highest BCUT2D eigenvalue weighted by Gasteiger charge is 2.06. The molecule has 0 spiro atoms. The maximum absolute atomic E-state index is 5.99. The first-order valence-electron chi connectivity index (χ1n) is 3.65. The summed E-state index contributed by atoms with van der Waals surface area (Å²) in [5.74, 6) is 0. The van der Waals surface area contributed by atoms with E-state index in [1.807, 2.05) is 6.07 Å².